The molecule has 0 saturated carbocycles. The standard InChI is InChI=1S/C22H22N4O2S/c1-4-15-5-7-17(8-6-15)23-20(27)13-29-22-25-24-21-14(2)11-16-12-18(28-3)9-10-19(16)26(21)22/h5-12H,4,13H2,1-3H3,(H,23,27). The summed E-state index contributed by atoms with van der Waals surface area (Å²) in [6.07, 6.45) is 0.975. The first-order chi connectivity index (χ1) is 14.1. The number of fused-ring (bicyclic) bond motifs is 3. The Morgan fingerprint density at radius 3 is 2.66 bits per heavy atom. The van der Waals surface area contributed by atoms with Crippen LogP contribution in [0.1, 0.15) is 18.1 Å². The quantitative estimate of drug-likeness (QED) is 0.478. The molecule has 2 aromatic carbocycles. The average molecular weight is 407 g/mol. The van der Waals surface area contributed by atoms with Crippen LogP contribution in [0.5, 0.6) is 5.75 Å². The van der Waals surface area contributed by atoms with Gasteiger partial charge in [0, 0.05) is 11.1 Å². The summed E-state index contributed by atoms with van der Waals surface area (Å²) < 4.78 is 7.34. The monoisotopic (exact) mass is 406 g/mol. The number of nitrogens with zero attached hydrogens (tertiary/aromatic N) is 3. The van der Waals surface area contributed by atoms with Crippen molar-refractivity contribution in [1.29, 1.82) is 0 Å². The van der Waals surface area contributed by atoms with Crippen LogP contribution >= 0.6 is 11.8 Å². The number of thioether (sulfide) groups is 1. The molecule has 2 aromatic heterocycles. The third kappa shape index (κ3) is 3.91. The zero-order valence-corrected chi connectivity index (χ0v) is 17.4. The molecule has 2 heterocycles. The molecule has 0 aliphatic rings. The number of carbonyl (C=O) groups excluding carboxylic acids is 1. The van der Waals surface area contributed by atoms with Gasteiger partial charge >= 0.3 is 0 Å². The van der Waals surface area contributed by atoms with Crippen molar-refractivity contribution >= 4 is 39.9 Å². The summed E-state index contributed by atoms with van der Waals surface area (Å²) in [5.74, 6) is 0.976. The van der Waals surface area contributed by atoms with Crippen LogP contribution in [0.25, 0.3) is 16.6 Å². The smallest absolute Gasteiger partial charge is 0.234 e. The Kier molecular flexibility index (Phi) is 5.40. The summed E-state index contributed by atoms with van der Waals surface area (Å²) in [6, 6.07) is 15.9. The summed E-state index contributed by atoms with van der Waals surface area (Å²) >= 11 is 1.37. The summed E-state index contributed by atoms with van der Waals surface area (Å²) in [7, 11) is 1.65. The van der Waals surface area contributed by atoms with E-state index in [1.807, 2.05) is 53.8 Å². The van der Waals surface area contributed by atoms with Crippen LogP contribution in [0.3, 0.4) is 0 Å². The predicted molar refractivity (Wildman–Crippen MR) is 117 cm³/mol. The Morgan fingerprint density at radius 2 is 1.93 bits per heavy atom. The van der Waals surface area contributed by atoms with Crippen molar-refractivity contribution in [2.24, 2.45) is 0 Å². The lowest BCUT2D eigenvalue weighted by molar-refractivity contribution is -0.113. The van der Waals surface area contributed by atoms with Gasteiger partial charge in [-0.1, -0.05) is 30.8 Å². The molecule has 7 heteroatoms. The number of carbonyl (C=O) groups is 1. The van der Waals surface area contributed by atoms with Crippen LogP contribution in [-0.4, -0.2) is 33.4 Å². The minimum Gasteiger partial charge on any atom is -0.497 e. The van der Waals surface area contributed by atoms with Crippen molar-refractivity contribution in [3.05, 3.63) is 59.7 Å². The summed E-state index contributed by atoms with van der Waals surface area (Å²) in [6.45, 7) is 4.11. The molecule has 0 atom stereocenters. The van der Waals surface area contributed by atoms with Gasteiger partial charge in [0.15, 0.2) is 10.8 Å². The summed E-state index contributed by atoms with van der Waals surface area (Å²) in [5.41, 5.74) is 4.83. The summed E-state index contributed by atoms with van der Waals surface area (Å²) in [5, 5.41) is 13.3. The van der Waals surface area contributed by atoms with Gasteiger partial charge in [0.05, 0.1) is 18.4 Å². The SMILES string of the molecule is CCc1ccc(NC(=O)CSc2nnc3c(C)cc4cc(OC)ccc4n23)cc1. The maximum Gasteiger partial charge on any atom is 0.234 e. The van der Waals surface area contributed by atoms with E-state index in [1.165, 1.54) is 17.3 Å². The molecule has 0 aliphatic heterocycles. The molecule has 4 aromatic rings. The van der Waals surface area contributed by atoms with Crippen LogP contribution in [0.4, 0.5) is 5.69 Å². The molecule has 4 rings (SSSR count). The molecular formula is C22H22N4O2S. The maximum atomic E-state index is 12.4. The third-order valence-corrected chi connectivity index (χ3v) is 5.74. The Morgan fingerprint density at radius 1 is 1.14 bits per heavy atom. The number of hydrogen-bond acceptors (Lipinski definition) is 5. The van der Waals surface area contributed by atoms with E-state index in [2.05, 4.69) is 28.5 Å². The number of hydrogen-bond donors (Lipinski definition) is 1. The highest BCUT2D eigenvalue weighted by Gasteiger charge is 2.14. The first-order valence-electron chi connectivity index (χ1n) is 9.43. The largest absolute Gasteiger partial charge is 0.497 e. The molecule has 0 aliphatic carbocycles. The Hall–Kier alpha value is -3.06. The van der Waals surface area contributed by atoms with E-state index in [4.69, 9.17) is 4.74 Å². The van der Waals surface area contributed by atoms with E-state index in [0.29, 0.717) is 5.16 Å². The molecule has 0 unspecified atom stereocenters. The molecule has 29 heavy (non-hydrogen) atoms. The zero-order valence-electron chi connectivity index (χ0n) is 16.6. The minimum absolute atomic E-state index is 0.0744. The molecule has 148 valence electrons. The van der Waals surface area contributed by atoms with Crippen molar-refractivity contribution in [3.8, 4) is 5.75 Å². The lowest BCUT2D eigenvalue weighted by atomic mass is 10.1. The number of aryl methyl sites for hydroxylation is 2. The molecule has 0 fully saturated rings. The number of anilines is 1. The van der Waals surface area contributed by atoms with Gasteiger partial charge in [-0.05, 0) is 60.9 Å². The number of nitrogens with one attached hydrogen (secondary N) is 1. The van der Waals surface area contributed by atoms with E-state index < -0.39 is 0 Å². The number of pyridine rings is 1. The fourth-order valence-electron chi connectivity index (χ4n) is 3.26. The number of benzene rings is 2. The second-order valence-electron chi connectivity index (χ2n) is 6.78. The topological polar surface area (TPSA) is 68.5 Å². The van der Waals surface area contributed by atoms with Crippen molar-refractivity contribution in [2.45, 2.75) is 25.4 Å². The number of methoxy groups -OCH3 is 1. The van der Waals surface area contributed by atoms with Crippen LogP contribution in [0, 0.1) is 6.92 Å². The van der Waals surface area contributed by atoms with Crippen LogP contribution in [-0.2, 0) is 11.2 Å². The maximum absolute atomic E-state index is 12.4. The normalized spacial score (nSPS) is 11.1. The fraction of sp³-hybridized carbons (Fsp3) is 0.227. The van der Waals surface area contributed by atoms with Gasteiger partial charge < -0.3 is 10.1 Å². The number of aromatic nitrogens is 3. The van der Waals surface area contributed by atoms with Crippen LogP contribution in [0.15, 0.2) is 53.7 Å². The number of rotatable bonds is 6. The molecule has 0 radical (unpaired) electrons. The van der Waals surface area contributed by atoms with E-state index >= 15 is 0 Å². The Balaban J connectivity index is 1.56. The molecule has 0 bridgehead atoms. The lowest BCUT2D eigenvalue weighted by Gasteiger charge is -2.09. The van der Waals surface area contributed by atoms with Gasteiger partial charge in [-0.15, -0.1) is 10.2 Å². The highest BCUT2D eigenvalue weighted by molar-refractivity contribution is 7.99. The van der Waals surface area contributed by atoms with Gasteiger partial charge in [-0.2, -0.15) is 0 Å². The lowest BCUT2D eigenvalue weighted by Crippen LogP contribution is -2.14. The molecule has 6 nitrogen and oxygen atoms in total. The Labute approximate surface area is 173 Å². The highest BCUT2D eigenvalue weighted by atomic mass is 32.2. The van der Waals surface area contributed by atoms with Gasteiger partial charge in [0.1, 0.15) is 5.75 Å². The molecule has 1 N–H and O–H groups in total. The first kappa shape index (κ1) is 19.3. The van der Waals surface area contributed by atoms with Crippen molar-refractivity contribution in [3.63, 3.8) is 0 Å². The predicted octanol–water partition coefficient (Wildman–Crippen LogP) is 4.49. The number of ether oxygens (including phenoxy) is 1. The van der Waals surface area contributed by atoms with Gasteiger partial charge in [-0.3, -0.25) is 9.20 Å². The van der Waals surface area contributed by atoms with E-state index in [1.54, 1.807) is 7.11 Å². The van der Waals surface area contributed by atoms with Gasteiger partial charge in [0.25, 0.3) is 0 Å². The third-order valence-electron chi connectivity index (χ3n) is 4.81. The van der Waals surface area contributed by atoms with E-state index in [9.17, 15) is 4.79 Å². The van der Waals surface area contributed by atoms with Gasteiger partial charge in [-0.25, -0.2) is 0 Å². The Bertz CT molecular complexity index is 1190. The van der Waals surface area contributed by atoms with Crippen molar-refractivity contribution in [2.75, 3.05) is 18.2 Å². The van der Waals surface area contributed by atoms with Crippen LogP contribution in [0.2, 0.25) is 0 Å². The number of amides is 1. The van der Waals surface area contributed by atoms with Crippen molar-refractivity contribution in [1.82, 2.24) is 14.6 Å². The minimum atomic E-state index is -0.0744. The van der Waals surface area contributed by atoms with E-state index in [-0.39, 0.29) is 11.7 Å². The first-order valence-corrected chi connectivity index (χ1v) is 10.4. The second kappa shape index (κ2) is 8.13. The molecule has 0 saturated heterocycles. The average Bonchev–Trinajstić information content (AvgIpc) is 3.17. The van der Waals surface area contributed by atoms with Crippen molar-refractivity contribution < 1.29 is 9.53 Å². The zero-order chi connectivity index (χ0) is 20.4. The highest BCUT2D eigenvalue weighted by Crippen LogP contribution is 2.28. The fourth-order valence-corrected chi connectivity index (χ4v) is 4.01. The molecular weight excluding hydrogens is 384 g/mol. The second-order valence-corrected chi connectivity index (χ2v) is 7.72. The van der Waals surface area contributed by atoms with Gasteiger partial charge in [0.2, 0.25) is 5.91 Å². The van der Waals surface area contributed by atoms with E-state index in [0.717, 1.165) is 40.0 Å². The summed E-state index contributed by atoms with van der Waals surface area (Å²) in [4.78, 5) is 12.4. The molecule has 1 amide bonds. The molecule has 0 spiro atoms. The van der Waals surface area contributed by atoms with Crippen LogP contribution < -0.4 is 10.1 Å².